The van der Waals surface area contributed by atoms with Crippen LogP contribution in [-0.2, 0) is 6.54 Å². The van der Waals surface area contributed by atoms with E-state index in [0.29, 0.717) is 28.1 Å². The van der Waals surface area contributed by atoms with Gasteiger partial charge < -0.3 is 10.3 Å². The van der Waals surface area contributed by atoms with E-state index in [0.717, 1.165) is 11.1 Å². The number of fused-ring (bicyclic) bond motifs is 1. The fourth-order valence-electron chi connectivity index (χ4n) is 2.60. The Hall–Kier alpha value is -3.32. The van der Waals surface area contributed by atoms with Crippen LogP contribution in [0.4, 0.5) is 0 Å². The zero-order valence-electron chi connectivity index (χ0n) is 13.6. The van der Waals surface area contributed by atoms with Crippen molar-refractivity contribution < 1.29 is 4.79 Å². The van der Waals surface area contributed by atoms with Gasteiger partial charge in [-0.05, 0) is 17.7 Å². The first kappa shape index (κ1) is 16.2. The second kappa shape index (κ2) is 6.89. The maximum absolute atomic E-state index is 12.6. The number of carbonyl (C=O) groups excluding carboxylic acids is 1. The molecular weight excluding hydrogens is 348 g/mol. The van der Waals surface area contributed by atoms with Crippen LogP contribution >= 0.6 is 11.3 Å². The molecule has 6 nitrogen and oxygen atoms in total. The SMILES string of the molecule is O=C(NCc1ccccc1)c1scc2c(=O)[nH]c(-c3ccncc3)nc12. The molecule has 0 saturated carbocycles. The highest BCUT2D eigenvalue weighted by molar-refractivity contribution is 7.13. The Morgan fingerprint density at radius 2 is 1.88 bits per heavy atom. The fourth-order valence-corrected chi connectivity index (χ4v) is 3.51. The average molecular weight is 362 g/mol. The van der Waals surface area contributed by atoms with Crippen LogP contribution < -0.4 is 10.9 Å². The largest absolute Gasteiger partial charge is 0.347 e. The molecule has 0 saturated heterocycles. The Morgan fingerprint density at radius 1 is 1.12 bits per heavy atom. The van der Waals surface area contributed by atoms with Crippen molar-refractivity contribution in [1.82, 2.24) is 20.3 Å². The van der Waals surface area contributed by atoms with Crippen molar-refractivity contribution in [2.75, 3.05) is 0 Å². The molecule has 4 rings (SSSR count). The monoisotopic (exact) mass is 362 g/mol. The topological polar surface area (TPSA) is 87.7 Å². The Kier molecular flexibility index (Phi) is 4.28. The van der Waals surface area contributed by atoms with Crippen LogP contribution in [0.1, 0.15) is 15.2 Å². The molecule has 1 aromatic carbocycles. The Balaban J connectivity index is 1.68. The Labute approximate surface area is 152 Å². The number of carbonyl (C=O) groups is 1. The molecule has 0 aliphatic carbocycles. The van der Waals surface area contributed by atoms with Gasteiger partial charge in [0.05, 0.1) is 5.39 Å². The molecule has 0 fully saturated rings. The average Bonchev–Trinajstić information content (AvgIpc) is 3.12. The van der Waals surface area contributed by atoms with E-state index in [1.165, 1.54) is 11.3 Å². The van der Waals surface area contributed by atoms with Crippen molar-refractivity contribution in [3.05, 3.63) is 81.0 Å². The first-order valence-electron chi connectivity index (χ1n) is 7.96. The van der Waals surface area contributed by atoms with E-state index < -0.39 is 0 Å². The lowest BCUT2D eigenvalue weighted by molar-refractivity contribution is 0.0956. The van der Waals surface area contributed by atoms with Gasteiger partial charge >= 0.3 is 0 Å². The highest BCUT2D eigenvalue weighted by Gasteiger charge is 2.17. The molecule has 26 heavy (non-hydrogen) atoms. The number of H-pyrrole nitrogens is 1. The molecule has 1 amide bonds. The summed E-state index contributed by atoms with van der Waals surface area (Å²) in [5, 5.41) is 4.96. The predicted molar refractivity (Wildman–Crippen MR) is 101 cm³/mol. The van der Waals surface area contributed by atoms with Gasteiger partial charge in [-0.15, -0.1) is 11.3 Å². The first-order chi connectivity index (χ1) is 12.7. The molecule has 2 N–H and O–H groups in total. The molecule has 3 aromatic heterocycles. The Morgan fingerprint density at radius 3 is 2.65 bits per heavy atom. The lowest BCUT2D eigenvalue weighted by atomic mass is 10.2. The van der Waals surface area contributed by atoms with Crippen LogP contribution in [0.2, 0.25) is 0 Å². The summed E-state index contributed by atoms with van der Waals surface area (Å²) >= 11 is 1.22. The minimum atomic E-state index is -0.264. The lowest BCUT2D eigenvalue weighted by Crippen LogP contribution is -2.22. The van der Waals surface area contributed by atoms with Gasteiger partial charge in [0.15, 0.2) is 0 Å². The minimum Gasteiger partial charge on any atom is -0.347 e. The lowest BCUT2D eigenvalue weighted by Gasteiger charge is -2.05. The maximum Gasteiger partial charge on any atom is 0.263 e. The second-order valence-corrected chi connectivity index (χ2v) is 6.53. The first-order valence-corrected chi connectivity index (χ1v) is 8.84. The molecule has 0 unspecified atom stereocenters. The van der Waals surface area contributed by atoms with E-state index in [4.69, 9.17) is 0 Å². The summed E-state index contributed by atoms with van der Waals surface area (Å²) in [5.74, 6) is 0.174. The Bertz CT molecular complexity index is 1120. The number of nitrogens with zero attached hydrogens (tertiary/aromatic N) is 2. The van der Waals surface area contributed by atoms with Gasteiger partial charge in [0.2, 0.25) is 0 Å². The number of hydrogen-bond donors (Lipinski definition) is 2. The van der Waals surface area contributed by atoms with Crippen LogP contribution in [0.15, 0.2) is 65.0 Å². The molecule has 0 spiro atoms. The summed E-state index contributed by atoms with van der Waals surface area (Å²) in [4.78, 5) is 36.6. The van der Waals surface area contributed by atoms with Gasteiger partial charge in [-0.3, -0.25) is 14.6 Å². The highest BCUT2D eigenvalue weighted by Crippen LogP contribution is 2.23. The molecule has 0 aliphatic heterocycles. The van der Waals surface area contributed by atoms with Crippen molar-refractivity contribution in [2.45, 2.75) is 6.54 Å². The van der Waals surface area contributed by atoms with E-state index in [9.17, 15) is 9.59 Å². The van der Waals surface area contributed by atoms with Crippen LogP contribution in [0.25, 0.3) is 22.3 Å². The highest BCUT2D eigenvalue weighted by atomic mass is 32.1. The summed E-state index contributed by atoms with van der Waals surface area (Å²) < 4.78 is 0. The van der Waals surface area contributed by atoms with Crippen LogP contribution in [0.5, 0.6) is 0 Å². The quantitative estimate of drug-likeness (QED) is 0.584. The number of amides is 1. The number of thiophene rings is 1. The van der Waals surface area contributed by atoms with Crippen LogP contribution in [0.3, 0.4) is 0 Å². The number of pyridine rings is 1. The van der Waals surface area contributed by atoms with E-state index in [1.807, 2.05) is 30.3 Å². The molecule has 0 atom stereocenters. The molecular formula is C19H14N4O2S. The van der Waals surface area contributed by atoms with Gasteiger partial charge in [-0.2, -0.15) is 0 Å². The van der Waals surface area contributed by atoms with Gasteiger partial charge in [0.1, 0.15) is 16.2 Å². The molecule has 0 bridgehead atoms. The molecule has 4 aromatic rings. The summed E-state index contributed by atoms with van der Waals surface area (Å²) in [6, 6.07) is 13.2. The zero-order chi connectivity index (χ0) is 17.9. The van der Waals surface area contributed by atoms with Crippen molar-refractivity contribution >= 4 is 28.1 Å². The number of aromatic nitrogens is 3. The molecule has 0 radical (unpaired) electrons. The minimum absolute atomic E-state index is 0.243. The molecule has 3 heterocycles. The number of benzene rings is 1. The number of hydrogen-bond acceptors (Lipinski definition) is 5. The summed E-state index contributed by atoms with van der Waals surface area (Å²) in [5.41, 5.74) is 1.89. The van der Waals surface area contributed by atoms with Gasteiger partial charge in [-0.1, -0.05) is 30.3 Å². The van der Waals surface area contributed by atoms with Crippen LogP contribution in [-0.4, -0.2) is 20.9 Å². The third-order valence-corrected chi connectivity index (χ3v) is 4.89. The summed E-state index contributed by atoms with van der Waals surface area (Å²) in [6.45, 7) is 0.416. The zero-order valence-corrected chi connectivity index (χ0v) is 14.4. The fraction of sp³-hybridized carbons (Fsp3) is 0.0526. The number of aromatic amines is 1. The second-order valence-electron chi connectivity index (χ2n) is 5.65. The van der Waals surface area contributed by atoms with Gasteiger partial charge in [-0.25, -0.2) is 4.98 Å². The summed E-state index contributed by atoms with van der Waals surface area (Å²) in [7, 11) is 0. The number of nitrogens with one attached hydrogen (secondary N) is 2. The van der Waals surface area contributed by atoms with Gasteiger partial charge in [0, 0.05) is 29.9 Å². The van der Waals surface area contributed by atoms with Crippen LogP contribution in [0, 0.1) is 0 Å². The third-order valence-electron chi connectivity index (χ3n) is 3.92. The molecule has 7 heteroatoms. The van der Waals surface area contributed by atoms with Crippen molar-refractivity contribution in [2.24, 2.45) is 0 Å². The molecule has 128 valence electrons. The summed E-state index contributed by atoms with van der Waals surface area (Å²) in [6.07, 6.45) is 3.25. The normalized spacial score (nSPS) is 10.8. The van der Waals surface area contributed by atoms with E-state index in [-0.39, 0.29) is 11.5 Å². The predicted octanol–water partition coefficient (Wildman–Crippen LogP) is 2.98. The van der Waals surface area contributed by atoms with Crippen molar-refractivity contribution in [3.8, 4) is 11.4 Å². The maximum atomic E-state index is 12.6. The van der Waals surface area contributed by atoms with Gasteiger partial charge in [0.25, 0.3) is 11.5 Å². The smallest absolute Gasteiger partial charge is 0.263 e. The van der Waals surface area contributed by atoms with Crippen molar-refractivity contribution in [1.29, 1.82) is 0 Å². The number of rotatable bonds is 4. The van der Waals surface area contributed by atoms with E-state index >= 15 is 0 Å². The van der Waals surface area contributed by atoms with E-state index in [1.54, 1.807) is 29.9 Å². The standard InChI is InChI=1S/C19H14N4O2S/c24-18-14-11-26-16(19(25)21-10-12-4-2-1-3-5-12)15(14)22-17(23-18)13-6-8-20-9-7-13/h1-9,11H,10H2,(H,21,25)(H,22,23,24). The molecule has 0 aliphatic rings. The third kappa shape index (κ3) is 3.12. The van der Waals surface area contributed by atoms with Crippen molar-refractivity contribution in [3.63, 3.8) is 0 Å². The van der Waals surface area contributed by atoms with E-state index in [2.05, 4.69) is 20.3 Å².